The van der Waals surface area contributed by atoms with Crippen molar-refractivity contribution in [3.05, 3.63) is 180 Å². The second-order valence-electron chi connectivity index (χ2n) is 14.2. The van der Waals surface area contributed by atoms with Gasteiger partial charge in [0.2, 0.25) is 0 Å². The molecule has 9 rings (SSSR count). The Morgan fingerprint density at radius 1 is 0.691 bits per heavy atom. The van der Waals surface area contributed by atoms with Gasteiger partial charge in [0, 0.05) is 34.5 Å². The molecular formula is C49H41GeIrN3S-2. The third kappa shape index (κ3) is 8.08. The van der Waals surface area contributed by atoms with Crippen LogP contribution in [0.5, 0.6) is 0 Å². The van der Waals surface area contributed by atoms with Crippen LogP contribution < -0.4 is 4.40 Å². The second kappa shape index (κ2) is 16.4. The van der Waals surface area contributed by atoms with Crippen LogP contribution in [0.3, 0.4) is 0 Å². The fourth-order valence-electron chi connectivity index (χ4n) is 6.65. The molecule has 0 saturated carbocycles. The van der Waals surface area contributed by atoms with Crippen molar-refractivity contribution in [2.45, 2.75) is 31.0 Å². The fourth-order valence-corrected chi connectivity index (χ4v) is 9.91. The Morgan fingerprint density at radius 2 is 1.36 bits per heavy atom. The summed E-state index contributed by atoms with van der Waals surface area (Å²) >= 11 is -0.356. The number of aromatic nitrogens is 3. The summed E-state index contributed by atoms with van der Waals surface area (Å²) in [6, 6.07) is 54.0. The third-order valence-electron chi connectivity index (χ3n) is 9.44. The van der Waals surface area contributed by atoms with Crippen LogP contribution in [0.15, 0.2) is 158 Å². The Hall–Kier alpha value is -4.91. The minimum Gasteiger partial charge on any atom is 0 e. The van der Waals surface area contributed by atoms with Gasteiger partial charge in [-0.3, -0.25) is 0 Å². The maximum atomic E-state index is 7.28. The summed E-state index contributed by atoms with van der Waals surface area (Å²) in [6.07, 6.45) is 1.30. The van der Waals surface area contributed by atoms with Gasteiger partial charge in [0.05, 0.1) is 0 Å². The van der Waals surface area contributed by atoms with Gasteiger partial charge in [-0.25, -0.2) is 0 Å². The normalized spacial score (nSPS) is 13.3. The molecule has 3 nitrogen and oxygen atoms in total. The van der Waals surface area contributed by atoms with Crippen LogP contribution in [0.4, 0.5) is 0 Å². The SMILES string of the molecule is [2H]C([2H])([2H])c1c[c-]c(-c2ccc(C([2H])([2H])[2H])cn2)cc1.[CH3][Ge]([CH3])([CH3])[c]1ccc2s[c-]c(-c3nc4ccccc4n3-c3c(-c4ccccc4)cccc3-c3ccccc3)c2c1.[Ir]. The monoisotopic (exact) mass is 976 g/mol. The largest absolute Gasteiger partial charge is 0 e. The Kier molecular flexibility index (Phi) is 9.36. The van der Waals surface area contributed by atoms with Gasteiger partial charge in [-0.1, -0.05) is 19.0 Å². The molecule has 3 aromatic heterocycles. The van der Waals surface area contributed by atoms with Crippen molar-refractivity contribution in [1.29, 1.82) is 0 Å². The molecule has 0 atom stereocenters. The molecule has 0 aliphatic heterocycles. The molecule has 0 bridgehead atoms. The molecule has 6 heteroatoms. The number of aryl methyl sites for hydroxylation is 2. The molecule has 0 unspecified atom stereocenters. The quantitative estimate of drug-likeness (QED) is 0.123. The van der Waals surface area contributed by atoms with Gasteiger partial charge in [0.15, 0.2) is 0 Å². The zero-order valence-electron chi connectivity index (χ0n) is 36.6. The minimum absolute atomic E-state index is 0. The topological polar surface area (TPSA) is 30.7 Å². The number of thiophene rings is 1. The van der Waals surface area contributed by atoms with E-state index in [1.165, 1.54) is 61.1 Å². The summed E-state index contributed by atoms with van der Waals surface area (Å²) < 4.78 is 48.8. The van der Waals surface area contributed by atoms with E-state index in [9.17, 15) is 0 Å². The summed E-state index contributed by atoms with van der Waals surface area (Å²) in [4.78, 5) is 9.37. The molecule has 0 fully saturated rings. The van der Waals surface area contributed by atoms with Crippen molar-refractivity contribution in [1.82, 2.24) is 14.5 Å². The maximum absolute atomic E-state index is 7.28. The van der Waals surface area contributed by atoms with E-state index >= 15 is 0 Å². The van der Waals surface area contributed by atoms with Crippen LogP contribution in [0.1, 0.15) is 19.4 Å². The molecule has 6 aromatic carbocycles. The number of fused-ring (bicyclic) bond motifs is 2. The van der Waals surface area contributed by atoms with Crippen LogP contribution in [0, 0.1) is 25.2 Å². The number of imidazole rings is 1. The number of para-hydroxylation sites is 3. The smallest absolute Gasteiger partial charge is 0 e. The molecule has 273 valence electrons. The van der Waals surface area contributed by atoms with Crippen molar-refractivity contribution in [2.75, 3.05) is 0 Å². The van der Waals surface area contributed by atoms with Crippen molar-refractivity contribution in [3.8, 4) is 50.6 Å². The number of pyridine rings is 1. The average Bonchev–Trinajstić information content (AvgIpc) is 3.85. The first-order chi connectivity index (χ1) is 28.7. The number of rotatable bonds is 6. The molecule has 9 aromatic rings. The predicted octanol–water partition coefficient (Wildman–Crippen LogP) is 12.7. The van der Waals surface area contributed by atoms with Gasteiger partial charge in [-0.15, -0.1) is 35.4 Å². The Labute approximate surface area is 352 Å². The molecule has 55 heavy (non-hydrogen) atoms. The van der Waals surface area contributed by atoms with Gasteiger partial charge in [0.25, 0.3) is 0 Å². The van der Waals surface area contributed by atoms with Gasteiger partial charge in [0.1, 0.15) is 0 Å². The fraction of sp³-hybridized carbons (Fsp3) is 0.102. The summed E-state index contributed by atoms with van der Waals surface area (Å²) in [6.45, 7) is -4.34. The Balaban J connectivity index is 0.000000226. The molecular weight excluding hydrogens is 927 g/mol. The zero-order chi connectivity index (χ0) is 42.2. The number of nitrogens with zero attached hydrogens (tertiary/aromatic N) is 3. The molecule has 0 amide bonds. The molecule has 0 aliphatic carbocycles. The van der Waals surface area contributed by atoms with Crippen LogP contribution >= 0.6 is 11.3 Å². The Bertz CT molecular complexity index is 2810. The van der Waals surface area contributed by atoms with Crippen molar-refractivity contribution in [3.63, 3.8) is 0 Å². The number of hydrogen-bond donors (Lipinski definition) is 0. The van der Waals surface area contributed by atoms with Gasteiger partial charge >= 0.3 is 243 Å². The zero-order valence-corrected chi connectivity index (χ0v) is 35.9. The van der Waals surface area contributed by atoms with E-state index in [0.717, 1.165) is 28.1 Å². The summed E-state index contributed by atoms with van der Waals surface area (Å²) in [5, 5.41) is 4.93. The van der Waals surface area contributed by atoms with Gasteiger partial charge < -0.3 is 4.98 Å². The molecule has 0 aliphatic rings. The first-order valence-electron chi connectivity index (χ1n) is 20.8. The first-order valence-corrected chi connectivity index (χ1v) is 26.0. The minimum atomic E-state index is -2.18. The first kappa shape index (κ1) is 31.3. The molecule has 0 spiro atoms. The Morgan fingerprint density at radius 3 is 1.98 bits per heavy atom. The second-order valence-corrected chi connectivity index (χ2v) is 25.7. The molecule has 3 heterocycles. The van der Waals surface area contributed by atoms with E-state index in [2.05, 4.69) is 160 Å². The summed E-state index contributed by atoms with van der Waals surface area (Å²) in [5.41, 5.74) is 10.6. The van der Waals surface area contributed by atoms with Crippen LogP contribution in [0.25, 0.3) is 71.7 Å². The predicted molar refractivity (Wildman–Crippen MR) is 233 cm³/mol. The summed E-state index contributed by atoms with van der Waals surface area (Å²) in [7, 11) is 0. The standard InChI is InChI=1S/C36H29GeN2S.C13H12N.Ir/c1-37(2,3)27-21-22-34-30(23-27)31(24-40-34)36-38-32-19-10-11-20-33(32)39(36)35-28(25-13-6-4-7-14-25)17-12-18-29(35)26-15-8-5-9-16-26;1-10-3-6-12(7-4-10)13-8-5-11(2)9-14-13;/h4-23H,1-3H3;3-6,8-9H,1-2H3;/q2*-1;/i;1D3,2D3;. The maximum Gasteiger partial charge on any atom is 0 e. The van der Waals surface area contributed by atoms with Crippen molar-refractivity contribution < 1.29 is 28.3 Å². The van der Waals surface area contributed by atoms with Crippen LogP contribution in [-0.4, -0.2) is 27.8 Å². The van der Waals surface area contributed by atoms with Gasteiger partial charge in [-0.2, -0.15) is 0 Å². The molecule has 1 radical (unpaired) electrons. The van der Waals surface area contributed by atoms with Crippen LogP contribution in [0.2, 0.25) is 17.3 Å². The van der Waals surface area contributed by atoms with E-state index in [-0.39, 0.29) is 31.2 Å². The van der Waals surface area contributed by atoms with E-state index in [1.807, 2.05) is 0 Å². The number of benzene rings is 6. The molecule has 0 N–H and O–H groups in total. The summed E-state index contributed by atoms with van der Waals surface area (Å²) in [5.74, 6) is 8.29. The van der Waals surface area contributed by atoms with Gasteiger partial charge in [-0.05, 0) is 18.1 Å². The number of hydrogen-bond acceptors (Lipinski definition) is 3. The molecule has 0 saturated heterocycles. The van der Waals surface area contributed by atoms with E-state index in [1.54, 1.807) is 23.5 Å². The average molecular weight is 975 g/mol. The van der Waals surface area contributed by atoms with Crippen LogP contribution in [-0.2, 0) is 20.1 Å². The van der Waals surface area contributed by atoms with Crippen molar-refractivity contribution in [2.24, 2.45) is 0 Å². The van der Waals surface area contributed by atoms with E-state index in [0.29, 0.717) is 11.3 Å². The van der Waals surface area contributed by atoms with Crippen molar-refractivity contribution >= 4 is 50.1 Å². The van der Waals surface area contributed by atoms with E-state index in [4.69, 9.17) is 13.2 Å². The van der Waals surface area contributed by atoms with E-state index < -0.39 is 27.0 Å². The third-order valence-corrected chi connectivity index (χ3v) is 14.6.